The number of furan rings is 1. The Hall–Kier alpha value is -1.25. The highest BCUT2D eigenvalue weighted by Gasteiger charge is 2.00. The summed E-state index contributed by atoms with van der Waals surface area (Å²) in [6.45, 7) is 6.79. The number of esters is 1. The van der Waals surface area contributed by atoms with Crippen molar-refractivity contribution in [3.63, 3.8) is 0 Å². The summed E-state index contributed by atoms with van der Waals surface area (Å²) < 4.78 is 9.54. The van der Waals surface area contributed by atoms with Gasteiger partial charge in [-0.25, -0.2) is 0 Å². The number of ether oxygens (including phenoxy) is 1. The molecule has 0 saturated carbocycles. The lowest BCUT2D eigenvalue weighted by atomic mass is 10.1. The van der Waals surface area contributed by atoms with Gasteiger partial charge in [-0.15, -0.1) is 0 Å². The van der Waals surface area contributed by atoms with Crippen LogP contribution in [-0.4, -0.2) is 12.6 Å². The van der Waals surface area contributed by atoms with E-state index in [1.54, 1.807) is 12.5 Å². The van der Waals surface area contributed by atoms with Gasteiger partial charge in [0.1, 0.15) is 0 Å². The van der Waals surface area contributed by atoms with Crippen molar-refractivity contribution in [2.75, 3.05) is 6.61 Å². The fourth-order valence-corrected chi connectivity index (χ4v) is 0.912. The van der Waals surface area contributed by atoms with Crippen molar-refractivity contribution in [2.45, 2.75) is 40.0 Å². The Kier molecular flexibility index (Phi) is 9.47. The van der Waals surface area contributed by atoms with Crippen LogP contribution in [0, 0.1) is 5.92 Å². The Morgan fingerprint density at radius 3 is 2.31 bits per heavy atom. The first-order valence-electron chi connectivity index (χ1n) is 5.79. The maximum absolute atomic E-state index is 10.8. The highest BCUT2D eigenvalue weighted by Crippen LogP contribution is 2.00. The second-order valence-corrected chi connectivity index (χ2v) is 3.95. The molecule has 1 rings (SSSR count). The number of hydrogen-bond acceptors (Lipinski definition) is 3. The molecule has 0 bridgehead atoms. The van der Waals surface area contributed by atoms with Crippen LogP contribution in [0.2, 0.25) is 0 Å². The first-order valence-corrected chi connectivity index (χ1v) is 5.79. The molecule has 0 aliphatic carbocycles. The summed E-state index contributed by atoms with van der Waals surface area (Å²) in [5, 5.41) is 0. The molecule has 0 fully saturated rings. The summed E-state index contributed by atoms with van der Waals surface area (Å²) >= 11 is 0. The van der Waals surface area contributed by atoms with E-state index in [2.05, 4.69) is 18.3 Å². The van der Waals surface area contributed by atoms with E-state index in [9.17, 15) is 4.79 Å². The third-order valence-corrected chi connectivity index (χ3v) is 1.84. The molecule has 92 valence electrons. The van der Waals surface area contributed by atoms with Crippen LogP contribution in [0.1, 0.15) is 40.0 Å². The van der Waals surface area contributed by atoms with E-state index in [4.69, 9.17) is 4.74 Å². The molecule has 3 heteroatoms. The smallest absolute Gasteiger partial charge is 0.305 e. The first-order chi connectivity index (χ1) is 7.66. The molecule has 1 aromatic heterocycles. The summed E-state index contributed by atoms with van der Waals surface area (Å²) in [5.41, 5.74) is 0. The van der Waals surface area contributed by atoms with Gasteiger partial charge in [-0.2, -0.15) is 0 Å². The van der Waals surface area contributed by atoms with Gasteiger partial charge >= 0.3 is 5.97 Å². The van der Waals surface area contributed by atoms with Crippen LogP contribution < -0.4 is 0 Å². The summed E-state index contributed by atoms with van der Waals surface area (Å²) in [7, 11) is 0. The highest BCUT2D eigenvalue weighted by molar-refractivity contribution is 5.69. The van der Waals surface area contributed by atoms with E-state index in [1.807, 2.05) is 19.1 Å². The fraction of sp³-hybridized carbons (Fsp3) is 0.615. The van der Waals surface area contributed by atoms with Gasteiger partial charge in [0, 0.05) is 6.42 Å². The summed E-state index contributed by atoms with van der Waals surface area (Å²) in [6, 6.07) is 3.67. The largest absolute Gasteiger partial charge is 0.473 e. The Morgan fingerprint density at radius 2 is 1.94 bits per heavy atom. The molecule has 1 heterocycles. The minimum absolute atomic E-state index is 0.0619. The number of rotatable bonds is 5. The van der Waals surface area contributed by atoms with E-state index in [1.165, 1.54) is 0 Å². The fourth-order valence-electron chi connectivity index (χ4n) is 0.912. The van der Waals surface area contributed by atoms with Gasteiger partial charge < -0.3 is 9.15 Å². The molecule has 0 amide bonds. The minimum atomic E-state index is -0.0619. The van der Waals surface area contributed by atoms with Crippen molar-refractivity contribution in [1.29, 1.82) is 0 Å². The van der Waals surface area contributed by atoms with Crippen LogP contribution in [0.25, 0.3) is 0 Å². The van der Waals surface area contributed by atoms with Crippen molar-refractivity contribution < 1.29 is 13.9 Å². The summed E-state index contributed by atoms with van der Waals surface area (Å²) in [4.78, 5) is 10.8. The predicted molar refractivity (Wildman–Crippen MR) is 64.0 cm³/mol. The lowest BCUT2D eigenvalue weighted by Crippen LogP contribution is -2.06. The Bertz CT molecular complexity index is 222. The maximum atomic E-state index is 10.8. The third kappa shape index (κ3) is 10.8. The Labute approximate surface area is 97.8 Å². The third-order valence-electron chi connectivity index (χ3n) is 1.84. The van der Waals surface area contributed by atoms with Crippen LogP contribution in [0.5, 0.6) is 0 Å². The highest BCUT2D eigenvalue weighted by atomic mass is 16.5. The topological polar surface area (TPSA) is 39.4 Å². The SMILES string of the molecule is CCCC(=O)OCCC(C)C.c1ccoc1. The average Bonchev–Trinajstić information content (AvgIpc) is 2.75. The second kappa shape index (κ2) is 10.3. The minimum Gasteiger partial charge on any atom is -0.473 e. The van der Waals surface area contributed by atoms with E-state index in [-0.39, 0.29) is 5.97 Å². The molecule has 0 unspecified atom stereocenters. The Morgan fingerprint density at radius 1 is 1.31 bits per heavy atom. The molecule has 1 aromatic rings. The van der Waals surface area contributed by atoms with Gasteiger partial charge in [0.25, 0.3) is 0 Å². The van der Waals surface area contributed by atoms with Crippen LogP contribution in [0.4, 0.5) is 0 Å². The number of carbonyl (C=O) groups is 1. The van der Waals surface area contributed by atoms with Gasteiger partial charge in [0.05, 0.1) is 19.1 Å². The molecule has 0 saturated heterocycles. The van der Waals surface area contributed by atoms with Gasteiger partial charge in [0.15, 0.2) is 0 Å². The van der Waals surface area contributed by atoms with Crippen LogP contribution >= 0.6 is 0 Å². The first kappa shape index (κ1) is 14.8. The molecule has 0 radical (unpaired) electrons. The monoisotopic (exact) mass is 226 g/mol. The zero-order valence-electron chi connectivity index (χ0n) is 10.4. The molecular formula is C13H22O3. The molecule has 0 atom stereocenters. The van der Waals surface area contributed by atoms with E-state index >= 15 is 0 Å². The van der Waals surface area contributed by atoms with Crippen molar-refractivity contribution in [3.05, 3.63) is 24.7 Å². The Balaban J connectivity index is 0.000000368. The van der Waals surface area contributed by atoms with Gasteiger partial charge in [0.2, 0.25) is 0 Å². The molecule has 0 aliphatic rings. The molecular weight excluding hydrogens is 204 g/mol. The number of hydrogen-bond donors (Lipinski definition) is 0. The number of carbonyl (C=O) groups excluding carboxylic acids is 1. The normalized spacial score (nSPS) is 9.50. The average molecular weight is 226 g/mol. The van der Waals surface area contributed by atoms with Crippen LogP contribution in [0.15, 0.2) is 29.1 Å². The quantitative estimate of drug-likeness (QED) is 0.719. The summed E-state index contributed by atoms with van der Waals surface area (Å²) in [5.74, 6) is 0.553. The van der Waals surface area contributed by atoms with E-state index in [0.29, 0.717) is 18.9 Å². The van der Waals surface area contributed by atoms with E-state index in [0.717, 1.165) is 12.8 Å². The lowest BCUT2D eigenvalue weighted by molar-refractivity contribution is -0.143. The maximum Gasteiger partial charge on any atom is 0.305 e. The standard InChI is InChI=1S/C9H18O2.C4H4O/c1-4-5-9(10)11-7-6-8(2)3;1-2-4-5-3-1/h8H,4-7H2,1-3H3;1-4H. The zero-order valence-corrected chi connectivity index (χ0v) is 10.4. The van der Waals surface area contributed by atoms with Crippen molar-refractivity contribution >= 4 is 5.97 Å². The molecule has 0 aromatic carbocycles. The van der Waals surface area contributed by atoms with Crippen molar-refractivity contribution in [1.82, 2.24) is 0 Å². The van der Waals surface area contributed by atoms with Gasteiger partial charge in [-0.1, -0.05) is 20.8 Å². The van der Waals surface area contributed by atoms with Crippen LogP contribution in [0.3, 0.4) is 0 Å². The lowest BCUT2D eigenvalue weighted by Gasteiger charge is -2.05. The molecule has 16 heavy (non-hydrogen) atoms. The van der Waals surface area contributed by atoms with Gasteiger partial charge in [-0.05, 0) is 30.9 Å². The molecule has 0 aliphatic heterocycles. The predicted octanol–water partition coefficient (Wildman–Crippen LogP) is 3.66. The summed E-state index contributed by atoms with van der Waals surface area (Å²) in [6.07, 6.45) is 5.65. The van der Waals surface area contributed by atoms with Crippen molar-refractivity contribution in [2.24, 2.45) is 5.92 Å². The second-order valence-electron chi connectivity index (χ2n) is 3.95. The van der Waals surface area contributed by atoms with E-state index < -0.39 is 0 Å². The van der Waals surface area contributed by atoms with Gasteiger partial charge in [-0.3, -0.25) is 4.79 Å². The molecule has 0 N–H and O–H groups in total. The van der Waals surface area contributed by atoms with Crippen LogP contribution in [-0.2, 0) is 9.53 Å². The zero-order chi connectivity index (χ0) is 12.2. The van der Waals surface area contributed by atoms with Crippen molar-refractivity contribution in [3.8, 4) is 0 Å². The molecule has 0 spiro atoms. The molecule has 3 nitrogen and oxygen atoms in total.